The molecule has 16 heavy (non-hydrogen) atoms. The third kappa shape index (κ3) is 2.33. The number of rotatable bonds is 2. The number of para-hydroxylation sites is 1. The van der Waals surface area contributed by atoms with E-state index in [4.69, 9.17) is 17.3 Å². The number of hydrogen-bond acceptors (Lipinski definition) is 2. The van der Waals surface area contributed by atoms with Gasteiger partial charge in [-0.1, -0.05) is 30.7 Å². The van der Waals surface area contributed by atoms with Crippen LogP contribution in [0.1, 0.15) is 25.3 Å². The monoisotopic (exact) mass is 238 g/mol. The Hall–Kier alpha value is -0.730. The third-order valence-electron chi connectivity index (χ3n) is 3.26. The first-order valence-electron chi connectivity index (χ1n) is 5.94. The number of nitrogens with two attached hydrogens (primary N) is 1. The summed E-state index contributed by atoms with van der Waals surface area (Å²) in [7, 11) is 0. The zero-order chi connectivity index (χ0) is 11.5. The van der Waals surface area contributed by atoms with Gasteiger partial charge in [-0.05, 0) is 30.4 Å². The summed E-state index contributed by atoms with van der Waals surface area (Å²) >= 11 is 6.29. The molecule has 1 aliphatic heterocycles. The van der Waals surface area contributed by atoms with Gasteiger partial charge in [0.05, 0.1) is 10.7 Å². The van der Waals surface area contributed by atoms with Crippen molar-refractivity contribution in [3.63, 3.8) is 0 Å². The summed E-state index contributed by atoms with van der Waals surface area (Å²) in [5.74, 6) is 0.746. The van der Waals surface area contributed by atoms with Crippen molar-refractivity contribution in [1.29, 1.82) is 0 Å². The third-order valence-corrected chi connectivity index (χ3v) is 3.57. The molecule has 1 atom stereocenters. The van der Waals surface area contributed by atoms with E-state index >= 15 is 0 Å². The second-order valence-corrected chi connectivity index (χ2v) is 5.05. The van der Waals surface area contributed by atoms with Gasteiger partial charge in [-0.25, -0.2) is 0 Å². The highest BCUT2D eigenvalue weighted by Gasteiger charge is 2.20. The summed E-state index contributed by atoms with van der Waals surface area (Å²) in [6.45, 7) is 5.05. The standard InChI is InChI=1S/C13H19ClN2/c1-10-4-3-7-16(9-10)13-11(8-15)5-2-6-12(13)14/h2,5-6,10H,3-4,7-9,15H2,1H3. The molecule has 1 aromatic rings. The van der Waals surface area contributed by atoms with Crippen LogP contribution in [0.2, 0.25) is 5.02 Å². The minimum atomic E-state index is 0.556. The highest BCUT2D eigenvalue weighted by molar-refractivity contribution is 6.33. The van der Waals surface area contributed by atoms with Crippen LogP contribution in [-0.4, -0.2) is 13.1 Å². The van der Waals surface area contributed by atoms with Gasteiger partial charge >= 0.3 is 0 Å². The van der Waals surface area contributed by atoms with E-state index in [1.807, 2.05) is 12.1 Å². The Labute approximate surface area is 102 Å². The van der Waals surface area contributed by atoms with E-state index in [0.29, 0.717) is 6.54 Å². The number of hydrogen-bond donors (Lipinski definition) is 1. The molecule has 1 saturated heterocycles. The van der Waals surface area contributed by atoms with Gasteiger partial charge < -0.3 is 10.6 Å². The van der Waals surface area contributed by atoms with Gasteiger partial charge in [-0.3, -0.25) is 0 Å². The summed E-state index contributed by atoms with van der Waals surface area (Å²) < 4.78 is 0. The number of benzene rings is 1. The van der Waals surface area contributed by atoms with Gasteiger partial charge in [0.2, 0.25) is 0 Å². The molecule has 0 aromatic heterocycles. The Kier molecular flexibility index (Phi) is 3.72. The van der Waals surface area contributed by atoms with Crippen molar-refractivity contribution in [1.82, 2.24) is 0 Å². The van der Waals surface area contributed by atoms with Crippen molar-refractivity contribution in [2.75, 3.05) is 18.0 Å². The average molecular weight is 239 g/mol. The summed E-state index contributed by atoms with van der Waals surface area (Å²) in [5.41, 5.74) is 8.08. The van der Waals surface area contributed by atoms with Crippen LogP contribution in [-0.2, 0) is 6.54 Å². The molecular weight excluding hydrogens is 220 g/mol. The van der Waals surface area contributed by atoms with Gasteiger partial charge in [0.1, 0.15) is 0 Å². The Balaban J connectivity index is 2.30. The topological polar surface area (TPSA) is 29.3 Å². The Morgan fingerprint density at radius 2 is 2.31 bits per heavy atom. The Morgan fingerprint density at radius 3 is 3.00 bits per heavy atom. The molecule has 2 rings (SSSR count). The van der Waals surface area contributed by atoms with E-state index in [9.17, 15) is 0 Å². The average Bonchev–Trinajstić information content (AvgIpc) is 2.28. The lowest BCUT2D eigenvalue weighted by Gasteiger charge is -2.34. The molecule has 0 saturated carbocycles. The van der Waals surface area contributed by atoms with Gasteiger partial charge in [0.25, 0.3) is 0 Å². The highest BCUT2D eigenvalue weighted by Crippen LogP contribution is 2.32. The van der Waals surface area contributed by atoms with Crippen molar-refractivity contribution in [2.45, 2.75) is 26.3 Å². The molecule has 1 fully saturated rings. The second kappa shape index (κ2) is 5.07. The lowest BCUT2D eigenvalue weighted by Crippen LogP contribution is -2.35. The predicted molar refractivity (Wildman–Crippen MR) is 70.0 cm³/mol. The van der Waals surface area contributed by atoms with Gasteiger partial charge in [0.15, 0.2) is 0 Å². The van der Waals surface area contributed by atoms with Crippen molar-refractivity contribution in [3.8, 4) is 0 Å². The maximum atomic E-state index is 6.29. The zero-order valence-corrected chi connectivity index (χ0v) is 10.5. The molecule has 1 aliphatic rings. The molecule has 1 unspecified atom stereocenters. The molecule has 1 heterocycles. The maximum absolute atomic E-state index is 6.29. The van der Waals surface area contributed by atoms with Crippen molar-refractivity contribution >= 4 is 17.3 Å². The minimum Gasteiger partial charge on any atom is -0.370 e. The fourth-order valence-corrected chi connectivity index (χ4v) is 2.78. The largest absolute Gasteiger partial charge is 0.370 e. The molecule has 0 radical (unpaired) electrons. The number of anilines is 1. The van der Waals surface area contributed by atoms with Crippen LogP contribution in [0.25, 0.3) is 0 Å². The van der Waals surface area contributed by atoms with Crippen LogP contribution in [0, 0.1) is 5.92 Å². The normalized spacial score (nSPS) is 21.2. The smallest absolute Gasteiger partial charge is 0.0642 e. The molecular formula is C13H19ClN2. The Bertz CT molecular complexity index is 365. The number of halogens is 1. The number of nitrogens with zero attached hydrogens (tertiary/aromatic N) is 1. The van der Waals surface area contributed by atoms with Crippen LogP contribution < -0.4 is 10.6 Å². The van der Waals surface area contributed by atoms with E-state index in [1.165, 1.54) is 12.8 Å². The SMILES string of the molecule is CC1CCCN(c2c(Cl)cccc2CN)C1. The zero-order valence-electron chi connectivity index (χ0n) is 9.75. The quantitative estimate of drug-likeness (QED) is 0.858. The van der Waals surface area contributed by atoms with Crippen LogP contribution >= 0.6 is 11.6 Å². The summed E-state index contributed by atoms with van der Waals surface area (Å²) in [4.78, 5) is 2.39. The van der Waals surface area contributed by atoms with Gasteiger partial charge in [-0.15, -0.1) is 0 Å². The lowest BCUT2D eigenvalue weighted by molar-refractivity contribution is 0.446. The first kappa shape index (κ1) is 11.7. The van der Waals surface area contributed by atoms with Crippen molar-refractivity contribution in [2.24, 2.45) is 11.7 Å². The summed E-state index contributed by atoms with van der Waals surface area (Å²) in [5, 5.41) is 0.831. The molecule has 1 aromatic carbocycles. The van der Waals surface area contributed by atoms with E-state index in [0.717, 1.165) is 35.3 Å². The molecule has 88 valence electrons. The molecule has 0 aliphatic carbocycles. The van der Waals surface area contributed by atoms with Crippen LogP contribution in [0.3, 0.4) is 0 Å². The molecule has 0 amide bonds. The molecule has 0 spiro atoms. The molecule has 2 N–H and O–H groups in total. The second-order valence-electron chi connectivity index (χ2n) is 4.65. The van der Waals surface area contributed by atoms with Crippen molar-refractivity contribution < 1.29 is 0 Å². The fraction of sp³-hybridized carbons (Fsp3) is 0.538. The lowest BCUT2D eigenvalue weighted by atomic mass is 9.99. The number of piperidine rings is 1. The van der Waals surface area contributed by atoms with Gasteiger partial charge in [0, 0.05) is 19.6 Å². The maximum Gasteiger partial charge on any atom is 0.0642 e. The van der Waals surface area contributed by atoms with E-state index in [1.54, 1.807) is 0 Å². The fourth-order valence-electron chi connectivity index (χ4n) is 2.47. The summed E-state index contributed by atoms with van der Waals surface area (Å²) in [6.07, 6.45) is 2.56. The van der Waals surface area contributed by atoms with Gasteiger partial charge in [-0.2, -0.15) is 0 Å². The van der Waals surface area contributed by atoms with E-state index in [2.05, 4.69) is 17.9 Å². The predicted octanol–water partition coefficient (Wildman–Crippen LogP) is 3.04. The van der Waals surface area contributed by atoms with Crippen LogP contribution in [0.15, 0.2) is 18.2 Å². The molecule has 0 bridgehead atoms. The molecule has 2 nitrogen and oxygen atoms in total. The Morgan fingerprint density at radius 1 is 1.50 bits per heavy atom. The first-order chi connectivity index (χ1) is 7.72. The van der Waals surface area contributed by atoms with Crippen LogP contribution in [0.4, 0.5) is 5.69 Å². The summed E-state index contributed by atoms with van der Waals surface area (Å²) in [6, 6.07) is 6.00. The van der Waals surface area contributed by atoms with Crippen LogP contribution in [0.5, 0.6) is 0 Å². The van der Waals surface area contributed by atoms with Crippen molar-refractivity contribution in [3.05, 3.63) is 28.8 Å². The minimum absolute atomic E-state index is 0.556. The molecule has 3 heteroatoms. The highest BCUT2D eigenvalue weighted by atomic mass is 35.5. The van der Waals surface area contributed by atoms with E-state index in [-0.39, 0.29) is 0 Å². The van der Waals surface area contributed by atoms with E-state index < -0.39 is 0 Å². The first-order valence-corrected chi connectivity index (χ1v) is 6.32.